The molecule has 88 valence electrons. The topological polar surface area (TPSA) is 68.5 Å². The van der Waals surface area contributed by atoms with Crippen LogP contribution in [0.3, 0.4) is 0 Å². The van der Waals surface area contributed by atoms with E-state index in [2.05, 4.69) is 0 Å². The molecule has 1 aromatic rings. The predicted molar refractivity (Wildman–Crippen MR) is 59.3 cm³/mol. The first kappa shape index (κ1) is 12.3. The zero-order valence-electron chi connectivity index (χ0n) is 9.77. The zero-order valence-corrected chi connectivity index (χ0v) is 9.77. The Balaban J connectivity index is 3.63. The minimum Gasteiger partial charge on any atom is -0.490 e. The number of carboxylic acid groups (broad SMARTS) is 1. The van der Waals surface area contributed by atoms with E-state index >= 15 is 0 Å². The summed E-state index contributed by atoms with van der Waals surface area (Å²) >= 11 is 0. The third-order valence-electron chi connectivity index (χ3n) is 2.45. The van der Waals surface area contributed by atoms with Gasteiger partial charge in [0.2, 0.25) is 0 Å². The van der Waals surface area contributed by atoms with Gasteiger partial charge in [0.25, 0.3) is 5.56 Å². The Kier molecular flexibility index (Phi) is 3.37. The van der Waals surface area contributed by atoms with Crippen LogP contribution in [0.2, 0.25) is 0 Å². The summed E-state index contributed by atoms with van der Waals surface area (Å²) in [6, 6.07) is 1.48. The van der Waals surface area contributed by atoms with Crippen molar-refractivity contribution in [2.45, 2.75) is 19.8 Å². The van der Waals surface area contributed by atoms with E-state index in [1.54, 1.807) is 7.05 Å². The predicted octanol–water partition coefficient (Wildman–Crippen LogP) is 1.22. The molecule has 0 unspecified atom stereocenters. The average molecular weight is 225 g/mol. The van der Waals surface area contributed by atoms with Crippen molar-refractivity contribution in [3.05, 3.63) is 27.7 Å². The lowest BCUT2D eigenvalue weighted by Gasteiger charge is -2.14. The van der Waals surface area contributed by atoms with Crippen molar-refractivity contribution in [1.29, 1.82) is 0 Å². The first-order chi connectivity index (χ1) is 7.40. The highest BCUT2D eigenvalue weighted by Gasteiger charge is 2.19. The first-order valence-electron chi connectivity index (χ1n) is 4.91. The number of hydrogen-bond acceptors (Lipinski definition) is 3. The number of hydrogen-bond donors (Lipinski definition) is 1. The monoisotopic (exact) mass is 225 g/mol. The molecule has 0 saturated carbocycles. The summed E-state index contributed by atoms with van der Waals surface area (Å²) in [5.41, 5.74) is 0.156. The SMILES string of the molecule is COc1c(C(=O)O)cc(C(C)C)n(C)c1=O. The van der Waals surface area contributed by atoms with Crippen LogP contribution in [0.5, 0.6) is 5.75 Å². The van der Waals surface area contributed by atoms with Gasteiger partial charge in [-0.2, -0.15) is 0 Å². The molecule has 5 nitrogen and oxygen atoms in total. The molecule has 16 heavy (non-hydrogen) atoms. The third kappa shape index (κ3) is 1.93. The van der Waals surface area contributed by atoms with Crippen LogP contribution < -0.4 is 10.3 Å². The molecule has 0 amide bonds. The van der Waals surface area contributed by atoms with E-state index in [9.17, 15) is 9.59 Å². The van der Waals surface area contributed by atoms with Gasteiger partial charge in [-0.3, -0.25) is 4.79 Å². The molecular formula is C11H15NO4. The highest BCUT2D eigenvalue weighted by atomic mass is 16.5. The van der Waals surface area contributed by atoms with Gasteiger partial charge in [-0.15, -0.1) is 0 Å². The Labute approximate surface area is 93.3 Å². The van der Waals surface area contributed by atoms with Crippen molar-refractivity contribution in [2.24, 2.45) is 7.05 Å². The molecule has 0 aliphatic carbocycles. The van der Waals surface area contributed by atoms with Gasteiger partial charge in [-0.25, -0.2) is 4.79 Å². The lowest BCUT2D eigenvalue weighted by atomic mass is 10.1. The summed E-state index contributed by atoms with van der Waals surface area (Å²) in [4.78, 5) is 22.8. The van der Waals surface area contributed by atoms with Gasteiger partial charge in [-0.05, 0) is 12.0 Å². The number of methoxy groups -OCH3 is 1. The minimum absolute atomic E-state index is 0.0710. The number of rotatable bonds is 3. The quantitative estimate of drug-likeness (QED) is 0.839. The number of pyridine rings is 1. The molecule has 5 heteroatoms. The Morgan fingerprint density at radius 3 is 2.44 bits per heavy atom. The van der Waals surface area contributed by atoms with Gasteiger partial charge >= 0.3 is 5.97 Å². The Bertz CT molecular complexity index is 474. The van der Waals surface area contributed by atoms with Crippen LogP contribution in [0.1, 0.15) is 35.8 Å². The fraction of sp³-hybridized carbons (Fsp3) is 0.455. The molecular weight excluding hydrogens is 210 g/mol. The molecule has 0 atom stereocenters. The van der Waals surface area contributed by atoms with E-state index in [1.165, 1.54) is 17.7 Å². The number of carbonyl (C=O) groups is 1. The van der Waals surface area contributed by atoms with Crippen LogP contribution in [0.15, 0.2) is 10.9 Å². The zero-order chi connectivity index (χ0) is 12.5. The largest absolute Gasteiger partial charge is 0.490 e. The van der Waals surface area contributed by atoms with Crippen LogP contribution in [-0.4, -0.2) is 22.8 Å². The molecule has 0 aromatic carbocycles. The molecule has 0 fully saturated rings. The van der Waals surface area contributed by atoms with E-state index < -0.39 is 11.5 Å². The summed E-state index contributed by atoms with van der Waals surface area (Å²) < 4.78 is 6.25. The molecule has 0 bridgehead atoms. The molecule has 0 saturated heterocycles. The molecule has 0 aliphatic heterocycles. The van der Waals surface area contributed by atoms with E-state index in [0.29, 0.717) is 5.69 Å². The van der Waals surface area contributed by atoms with Crippen molar-refractivity contribution in [1.82, 2.24) is 4.57 Å². The Hall–Kier alpha value is -1.78. The molecule has 1 heterocycles. The van der Waals surface area contributed by atoms with Gasteiger partial charge in [0.15, 0.2) is 5.75 Å². The summed E-state index contributed by atoms with van der Waals surface area (Å²) in [5.74, 6) is -1.21. The highest BCUT2D eigenvalue weighted by molar-refractivity contribution is 5.90. The lowest BCUT2D eigenvalue weighted by Crippen LogP contribution is -2.25. The van der Waals surface area contributed by atoms with Gasteiger partial charge < -0.3 is 14.4 Å². The normalized spacial score (nSPS) is 10.6. The standard InChI is InChI=1S/C11H15NO4/c1-6(2)8-5-7(11(14)15)9(16-4)10(13)12(8)3/h5-6H,1-4H3,(H,14,15). The van der Waals surface area contributed by atoms with Crippen molar-refractivity contribution in [3.8, 4) is 5.75 Å². The summed E-state index contributed by atoms with van der Waals surface area (Å²) in [5, 5.41) is 8.99. The summed E-state index contributed by atoms with van der Waals surface area (Å²) in [6.07, 6.45) is 0. The van der Waals surface area contributed by atoms with E-state index in [-0.39, 0.29) is 17.2 Å². The molecule has 0 spiro atoms. The summed E-state index contributed by atoms with van der Waals surface area (Å²) in [6.45, 7) is 3.79. The van der Waals surface area contributed by atoms with E-state index in [4.69, 9.17) is 9.84 Å². The van der Waals surface area contributed by atoms with Crippen molar-refractivity contribution in [3.63, 3.8) is 0 Å². The first-order valence-corrected chi connectivity index (χ1v) is 4.91. The van der Waals surface area contributed by atoms with Crippen LogP contribution in [0, 0.1) is 0 Å². The van der Waals surface area contributed by atoms with Gasteiger partial charge in [0.1, 0.15) is 5.56 Å². The van der Waals surface area contributed by atoms with Crippen molar-refractivity contribution in [2.75, 3.05) is 7.11 Å². The number of aromatic nitrogens is 1. The van der Waals surface area contributed by atoms with Crippen LogP contribution in [-0.2, 0) is 7.05 Å². The Morgan fingerprint density at radius 2 is 2.06 bits per heavy atom. The lowest BCUT2D eigenvalue weighted by molar-refractivity contribution is 0.0692. The maximum Gasteiger partial charge on any atom is 0.339 e. The number of nitrogens with zero attached hydrogens (tertiary/aromatic N) is 1. The van der Waals surface area contributed by atoms with E-state index in [1.807, 2.05) is 13.8 Å². The van der Waals surface area contributed by atoms with Crippen LogP contribution in [0.25, 0.3) is 0 Å². The highest BCUT2D eigenvalue weighted by Crippen LogP contribution is 2.19. The van der Waals surface area contributed by atoms with Crippen LogP contribution in [0.4, 0.5) is 0 Å². The number of ether oxygens (including phenoxy) is 1. The van der Waals surface area contributed by atoms with Crippen molar-refractivity contribution < 1.29 is 14.6 Å². The van der Waals surface area contributed by atoms with E-state index in [0.717, 1.165) is 0 Å². The Morgan fingerprint density at radius 1 is 1.50 bits per heavy atom. The molecule has 1 N–H and O–H groups in total. The third-order valence-corrected chi connectivity index (χ3v) is 2.45. The maximum atomic E-state index is 11.8. The molecule has 0 radical (unpaired) electrons. The number of aromatic carboxylic acids is 1. The number of carboxylic acids is 1. The smallest absolute Gasteiger partial charge is 0.339 e. The fourth-order valence-electron chi connectivity index (χ4n) is 1.61. The second-order valence-corrected chi connectivity index (χ2v) is 3.84. The second kappa shape index (κ2) is 4.38. The molecule has 1 aromatic heterocycles. The minimum atomic E-state index is -1.16. The fourth-order valence-corrected chi connectivity index (χ4v) is 1.61. The molecule has 0 aliphatic rings. The van der Waals surface area contributed by atoms with Gasteiger partial charge in [-0.1, -0.05) is 13.8 Å². The average Bonchev–Trinajstić information content (AvgIpc) is 2.20. The van der Waals surface area contributed by atoms with Gasteiger partial charge in [0.05, 0.1) is 7.11 Å². The van der Waals surface area contributed by atoms with Crippen LogP contribution >= 0.6 is 0 Å². The van der Waals surface area contributed by atoms with Gasteiger partial charge in [0, 0.05) is 12.7 Å². The second-order valence-electron chi connectivity index (χ2n) is 3.84. The van der Waals surface area contributed by atoms with Crippen molar-refractivity contribution >= 4 is 5.97 Å². The maximum absolute atomic E-state index is 11.8. The summed E-state index contributed by atoms with van der Waals surface area (Å²) in [7, 11) is 2.89. The molecule has 1 rings (SSSR count).